The van der Waals surface area contributed by atoms with E-state index in [4.69, 9.17) is 32.7 Å². The largest absolute Gasteiger partial charge is 0.467 e. The highest BCUT2D eigenvalue weighted by atomic mass is 35.5. The predicted molar refractivity (Wildman–Crippen MR) is 57.4 cm³/mol. The molecular weight excluding hydrogens is 259 g/mol. The molecule has 94 valence electrons. The van der Waals surface area contributed by atoms with E-state index in [2.05, 4.69) is 4.74 Å². The monoisotopic (exact) mass is 272 g/mol. The molecule has 0 aromatic rings. The topological polar surface area (TPSA) is 65.0 Å². The van der Waals surface area contributed by atoms with E-state index in [0.29, 0.717) is 0 Å². The Morgan fingerprint density at radius 1 is 1.62 bits per heavy atom. The van der Waals surface area contributed by atoms with Crippen molar-refractivity contribution in [3.8, 4) is 0 Å². The van der Waals surface area contributed by atoms with Gasteiger partial charge in [-0.1, -0.05) is 23.2 Å². The van der Waals surface area contributed by atoms with E-state index in [9.17, 15) is 9.90 Å². The smallest absolute Gasteiger partial charge is 0.345 e. The van der Waals surface area contributed by atoms with Gasteiger partial charge in [-0.3, -0.25) is 0 Å². The molecule has 2 atom stereocenters. The predicted octanol–water partition coefficient (Wildman–Crippen LogP) is 0.846. The Labute approximate surface area is 104 Å². The lowest BCUT2D eigenvalue weighted by atomic mass is 10.1. The molecule has 0 aromatic heterocycles. The van der Waals surface area contributed by atoms with Crippen LogP contribution in [0.4, 0.5) is 0 Å². The van der Waals surface area contributed by atoms with Crippen molar-refractivity contribution < 1.29 is 24.1 Å². The van der Waals surface area contributed by atoms with Gasteiger partial charge in [-0.2, -0.15) is 0 Å². The first kappa shape index (κ1) is 14.0. The van der Waals surface area contributed by atoms with Crippen LogP contribution in [0.15, 0.2) is 0 Å². The van der Waals surface area contributed by atoms with Gasteiger partial charge in [-0.15, -0.1) is 0 Å². The minimum atomic E-state index is -2.07. The zero-order chi connectivity index (χ0) is 12.6. The van der Waals surface area contributed by atoms with Gasteiger partial charge in [0.25, 0.3) is 0 Å². The van der Waals surface area contributed by atoms with Gasteiger partial charge in [0, 0.05) is 0 Å². The maximum atomic E-state index is 11.3. The number of rotatable bonds is 3. The van der Waals surface area contributed by atoms with E-state index in [0.717, 1.165) is 7.11 Å². The summed E-state index contributed by atoms with van der Waals surface area (Å²) in [7, 11) is 1.13. The number of alkyl halides is 2. The molecule has 0 saturated carbocycles. The molecule has 1 saturated heterocycles. The van der Waals surface area contributed by atoms with Gasteiger partial charge >= 0.3 is 5.97 Å². The summed E-state index contributed by atoms with van der Waals surface area (Å²) >= 11 is 11.4. The van der Waals surface area contributed by atoms with Crippen molar-refractivity contribution in [2.24, 2.45) is 0 Å². The highest BCUT2D eigenvalue weighted by Crippen LogP contribution is 2.34. The molecule has 1 aliphatic heterocycles. The fourth-order valence-corrected chi connectivity index (χ4v) is 1.80. The quantitative estimate of drug-likeness (QED) is 0.610. The lowest BCUT2D eigenvalue weighted by molar-refractivity contribution is -0.160. The van der Waals surface area contributed by atoms with Crippen molar-refractivity contribution in [2.45, 2.75) is 36.2 Å². The van der Waals surface area contributed by atoms with Crippen molar-refractivity contribution in [3.63, 3.8) is 0 Å². The molecule has 1 fully saturated rings. The molecule has 0 bridgehead atoms. The number of aliphatic hydroxyl groups excluding tert-OH is 1. The van der Waals surface area contributed by atoms with E-state index in [1.54, 1.807) is 13.8 Å². The number of methoxy groups -OCH3 is 1. The summed E-state index contributed by atoms with van der Waals surface area (Å²) in [5, 5.41) is 9.84. The van der Waals surface area contributed by atoms with Gasteiger partial charge in [0.1, 0.15) is 12.2 Å². The Kier molecular flexibility index (Phi) is 4.08. The van der Waals surface area contributed by atoms with Gasteiger partial charge in [0.15, 0.2) is 5.79 Å². The number of hydrogen-bond acceptors (Lipinski definition) is 5. The molecule has 7 heteroatoms. The lowest BCUT2D eigenvalue weighted by Gasteiger charge is -2.27. The molecule has 0 spiro atoms. The fraction of sp³-hybridized carbons (Fsp3) is 0.889. The zero-order valence-electron chi connectivity index (χ0n) is 9.20. The molecule has 16 heavy (non-hydrogen) atoms. The SMILES string of the molecule is COC(=O)C(Cl)(Cl)C(O)[C@H]1COC(C)(C)O1. The Bertz CT molecular complexity index is 279. The van der Waals surface area contributed by atoms with Crippen LogP contribution in [-0.2, 0) is 19.0 Å². The van der Waals surface area contributed by atoms with E-state index in [1.165, 1.54) is 0 Å². The second kappa shape index (κ2) is 4.66. The molecule has 5 nitrogen and oxygen atoms in total. The van der Waals surface area contributed by atoms with Crippen molar-refractivity contribution >= 4 is 29.2 Å². The van der Waals surface area contributed by atoms with Crippen molar-refractivity contribution in [1.29, 1.82) is 0 Å². The first-order valence-corrected chi connectivity index (χ1v) is 5.42. The van der Waals surface area contributed by atoms with Gasteiger partial charge in [-0.05, 0) is 13.8 Å². The zero-order valence-corrected chi connectivity index (χ0v) is 10.7. The summed E-state index contributed by atoms with van der Waals surface area (Å²) in [6.07, 6.45) is -2.20. The number of esters is 1. The first-order valence-electron chi connectivity index (χ1n) is 4.67. The minimum Gasteiger partial charge on any atom is -0.467 e. The molecule has 0 aliphatic carbocycles. The third kappa shape index (κ3) is 2.78. The van der Waals surface area contributed by atoms with Crippen LogP contribution in [0.3, 0.4) is 0 Å². The number of halogens is 2. The fourth-order valence-electron chi connectivity index (χ4n) is 1.36. The van der Waals surface area contributed by atoms with E-state index < -0.39 is 28.3 Å². The Balaban J connectivity index is 2.71. The summed E-state index contributed by atoms with van der Waals surface area (Å²) in [5.41, 5.74) is 0. The van der Waals surface area contributed by atoms with E-state index in [1.807, 2.05) is 0 Å². The van der Waals surface area contributed by atoms with Crippen LogP contribution < -0.4 is 0 Å². The Hall–Kier alpha value is -0.0700. The van der Waals surface area contributed by atoms with Crippen LogP contribution in [0.5, 0.6) is 0 Å². The average Bonchev–Trinajstić information content (AvgIpc) is 2.56. The maximum Gasteiger partial charge on any atom is 0.345 e. The molecular formula is C9H14Cl2O5. The lowest BCUT2D eigenvalue weighted by Crippen LogP contribution is -2.48. The van der Waals surface area contributed by atoms with Crippen LogP contribution in [0.25, 0.3) is 0 Å². The standard InChI is InChI=1S/C9H14Cl2O5/c1-8(2)15-4-5(16-8)6(12)9(10,11)7(13)14-3/h5-6,12H,4H2,1-3H3/t5-,6?/m1/s1. The Morgan fingerprint density at radius 3 is 2.56 bits per heavy atom. The number of aliphatic hydroxyl groups is 1. The minimum absolute atomic E-state index is 0.104. The second-order valence-electron chi connectivity index (χ2n) is 3.93. The third-order valence-corrected chi connectivity index (χ3v) is 2.97. The summed E-state index contributed by atoms with van der Waals surface area (Å²) in [5.74, 6) is -1.76. The molecule has 0 amide bonds. The number of carbonyl (C=O) groups excluding carboxylic acids is 1. The molecule has 1 N–H and O–H groups in total. The number of hydrogen-bond donors (Lipinski definition) is 1. The molecule has 1 unspecified atom stereocenters. The second-order valence-corrected chi connectivity index (χ2v) is 5.31. The number of ether oxygens (including phenoxy) is 3. The Morgan fingerprint density at radius 2 is 2.19 bits per heavy atom. The van der Waals surface area contributed by atoms with Crippen LogP contribution in [0, 0.1) is 0 Å². The van der Waals surface area contributed by atoms with Gasteiger partial charge < -0.3 is 19.3 Å². The van der Waals surface area contributed by atoms with Gasteiger partial charge in [0.2, 0.25) is 4.33 Å². The molecule has 0 radical (unpaired) electrons. The average molecular weight is 273 g/mol. The van der Waals surface area contributed by atoms with Crippen molar-refractivity contribution in [1.82, 2.24) is 0 Å². The summed E-state index contributed by atoms with van der Waals surface area (Å²) in [4.78, 5) is 11.3. The highest BCUT2D eigenvalue weighted by molar-refractivity contribution is 6.58. The summed E-state index contributed by atoms with van der Waals surface area (Å²) in [6.45, 7) is 3.47. The molecule has 0 aromatic carbocycles. The van der Waals surface area contributed by atoms with Crippen LogP contribution in [-0.4, -0.2) is 47.1 Å². The highest BCUT2D eigenvalue weighted by Gasteiger charge is 2.50. The van der Waals surface area contributed by atoms with Crippen LogP contribution >= 0.6 is 23.2 Å². The summed E-state index contributed by atoms with van der Waals surface area (Å²) < 4.78 is 12.9. The van der Waals surface area contributed by atoms with Crippen LogP contribution in [0.2, 0.25) is 0 Å². The van der Waals surface area contributed by atoms with Crippen LogP contribution in [0.1, 0.15) is 13.8 Å². The van der Waals surface area contributed by atoms with Crippen molar-refractivity contribution in [2.75, 3.05) is 13.7 Å². The van der Waals surface area contributed by atoms with Crippen molar-refractivity contribution in [3.05, 3.63) is 0 Å². The van der Waals surface area contributed by atoms with Gasteiger partial charge in [0.05, 0.1) is 13.7 Å². The maximum absolute atomic E-state index is 11.3. The molecule has 1 rings (SSSR count). The third-order valence-electron chi connectivity index (χ3n) is 2.21. The van der Waals surface area contributed by atoms with E-state index >= 15 is 0 Å². The number of carbonyl (C=O) groups is 1. The van der Waals surface area contributed by atoms with E-state index in [-0.39, 0.29) is 6.61 Å². The first-order chi connectivity index (χ1) is 7.20. The molecule has 1 aliphatic rings. The molecule has 1 heterocycles. The summed E-state index contributed by atoms with van der Waals surface area (Å²) in [6, 6.07) is 0. The normalized spacial score (nSPS) is 26.5. The van der Waals surface area contributed by atoms with Gasteiger partial charge in [-0.25, -0.2) is 4.79 Å².